The first-order chi connectivity index (χ1) is 8.58. The van der Waals surface area contributed by atoms with Crippen molar-refractivity contribution < 1.29 is 8.42 Å². The molecule has 0 aliphatic rings. The summed E-state index contributed by atoms with van der Waals surface area (Å²) in [6.07, 6.45) is 0. The number of aromatic nitrogens is 2. The van der Waals surface area contributed by atoms with Crippen LogP contribution in [0.25, 0.3) is 0 Å². The first-order valence-corrected chi connectivity index (χ1v) is 7.79. The molecule has 1 aromatic rings. The summed E-state index contributed by atoms with van der Waals surface area (Å²) in [5, 5.41) is 4.11. The highest BCUT2D eigenvalue weighted by Gasteiger charge is 2.29. The fourth-order valence-electron chi connectivity index (χ4n) is 1.89. The number of sulfonamides is 1. The largest absolute Gasteiger partial charge is 0.392 e. The van der Waals surface area contributed by atoms with E-state index in [0.717, 1.165) is 0 Å². The van der Waals surface area contributed by atoms with E-state index in [9.17, 15) is 8.42 Å². The lowest BCUT2D eigenvalue weighted by atomic mass is 10.1. The number of hydrogen-bond donors (Lipinski definition) is 2. The Kier molecular flexibility index (Phi) is 4.70. The zero-order valence-electron chi connectivity index (χ0n) is 11.8. The van der Waals surface area contributed by atoms with Crippen molar-refractivity contribution in [2.24, 2.45) is 18.7 Å². The molecular formula is C11H20N4O2S2. The zero-order chi connectivity index (χ0) is 15.0. The Morgan fingerprint density at radius 1 is 1.42 bits per heavy atom. The average molecular weight is 304 g/mol. The van der Waals surface area contributed by atoms with Crippen LogP contribution in [0.4, 0.5) is 0 Å². The predicted octanol–water partition coefficient (Wildman–Crippen LogP) is 0.626. The van der Waals surface area contributed by atoms with Gasteiger partial charge in [0.2, 0.25) is 10.0 Å². The van der Waals surface area contributed by atoms with Crippen LogP contribution < -0.4 is 10.5 Å². The molecule has 108 valence electrons. The van der Waals surface area contributed by atoms with E-state index in [0.29, 0.717) is 11.4 Å². The van der Waals surface area contributed by atoms with E-state index in [4.69, 9.17) is 18.0 Å². The lowest BCUT2D eigenvalue weighted by Gasteiger charge is -2.21. The molecule has 6 nitrogen and oxygen atoms in total. The van der Waals surface area contributed by atoms with Crippen molar-refractivity contribution in [3.8, 4) is 0 Å². The fraction of sp³-hybridized carbons (Fsp3) is 0.636. The van der Waals surface area contributed by atoms with Gasteiger partial charge in [-0.25, -0.2) is 13.1 Å². The fourth-order valence-corrected chi connectivity index (χ4v) is 4.10. The molecule has 1 rings (SSSR count). The van der Waals surface area contributed by atoms with Crippen molar-refractivity contribution in [3.05, 3.63) is 11.4 Å². The highest BCUT2D eigenvalue weighted by atomic mass is 32.2. The molecular weight excluding hydrogens is 284 g/mol. The molecule has 19 heavy (non-hydrogen) atoms. The van der Waals surface area contributed by atoms with Crippen molar-refractivity contribution in [3.63, 3.8) is 0 Å². The van der Waals surface area contributed by atoms with Crippen molar-refractivity contribution in [2.45, 2.75) is 38.6 Å². The smallest absolute Gasteiger partial charge is 0.244 e. The van der Waals surface area contributed by atoms with Gasteiger partial charge in [0.1, 0.15) is 4.90 Å². The van der Waals surface area contributed by atoms with Crippen molar-refractivity contribution in [2.75, 3.05) is 0 Å². The van der Waals surface area contributed by atoms with E-state index in [1.54, 1.807) is 20.9 Å². The Hall–Kier alpha value is -0.990. The Morgan fingerprint density at radius 2 is 1.95 bits per heavy atom. The zero-order valence-corrected chi connectivity index (χ0v) is 13.4. The number of nitrogens with two attached hydrogens (primary N) is 1. The normalized spacial score (nSPS) is 13.8. The number of nitrogens with one attached hydrogen (secondary N) is 1. The number of hydrogen-bond acceptors (Lipinski definition) is 4. The minimum atomic E-state index is -3.69. The molecule has 0 bridgehead atoms. The van der Waals surface area contributed by atoms with Crippen LogP contribution in [0.2, 0.25) is 0 Å². The number of aryl methyl sites for hydroxylation is 2. The Balaban J connectivity index is 3.22. The molecule has 0 aliphatic heterocycles. The Bertz CT molecular complexity index is 590. The van der Waals surface area contributed by atoms with Crippen LogP contribution in [0.1, 0.15) is 25.2 Å². The Labute approximate surface area is 119 Å². The lowest BCUT2D eigenvalue weighted by molar-refractivity contribution is 0.525. The van der Waals surface area contributed by atoms with E-state index < -0.39 is 16.1 Å². The lowest BCUT2D eigenvalue weighted by Crippen LogP contribution is -2.46. The SMILES string of the molecule is Cc1nn(C)c(C)c1S(=O)(=O)NC(C(N)=S)C(C)C. The van der Waals surface area contributed by atoms with E-state index in [1.165, 1.54) is 4.68 Å². The molecule has 0 fully saturated rings. The molecule has 0 saturated carbocycles. The summed E-state index contributed by atoms with van der Waals surface area (Å²) < 4.78 is 28.9. The van der Waals surface area contributed by atoms with E-state index in [2.05, 4.69) is 9.82 Å². The molecule has 0 saturated heterocycles. The average Bonchev–Trinajstić information content (AvgIpc) is 2.49. The summed E-state index contributed by atoms with van der Waals surface area (Å²) in [5.41, 5.74) is 6.62. The number of rotatable bonds is 5. The minimum absolute atomic E-state index is 0.0236. The standard InChI is InChI=1S/C11H20N4O2S2/c1-6(2)9(11(12)18)14-19(16,17)10-7(3)13-15(5)8(10)4/h6,9,14H,1-5H3,(H2,12,18). The predicted molar refractivity (Wildman–Crippen MR) is 78.4 cm³/mol. The molecule has 3 N–H and O–H groups in total. The summed E-state index contributed by atoms with van der Waals surface area (Å²) in [6, 6.07) is -0.570. The van der Waals surface area contributed by atoms with Crippen LogP contribution in [0, 0.1) is 19.8 Å². The van der Waals surface area contributed by atoms with Crippen LogP contribution >= 0.6 is 12.2 Å². The first-order valence-electron chi connectivity index (χ1n) is 5.89. The second-order valence-electron chi connectivity index (χ2n) is 4.87. The maximum Gasteiger partial charge on any atom is 0.244 e. The maximum absolute atomic E-state index is 12.4. The maximum atomic E-state index is 12.4. The van der Waals surface area contributed by atoms with Gasteiger partial charge in [0.15, 0.2) is 0 Å². The molecule has 1 heterocycles. The topological polar surface area (TPSA) is 90.0 Å². The highest BCUT2D eigenvalue weighted by molar-refractivity contribution is 7.89. The molecule has 0 aromatic carbocycles. The molecule has 1 unspecified atom stereocenters. The summed E-state index contributed by atoms with van der Waals surface area (Å²) in [5.74, 6) is -0.0236. The summed E-state index contributed by atoms with van der Waals surface area (Å²) >= 11 is 4.91. The molecule has 1 atom stereocenters. The minimum Gasteiger partial charge on any atom is -0.392 e. The summed E-state index contributed by atoms with van der Waals surface area (Å²) in [6.45, 7) is 7.08. The highest BCUT2D eigenvalue weighted by Crippen LogP contribution is 2.19. The molecule has 1 aromatic heterocycles. The molecule has 0 amide bonds. The van der Waals surface area contributed by atoms with E-state index in [-0.39, 0.29) is 15.8 Å². The second kappa shape index (κ2) is 5.56. The molecule has 8 heteroatoms. The van der Waals surface area contributed by atoms with Gasteiger partial charge in [-0.15, -0.1) is 0 Å². The quantitative estimate of drug-likeness (QED) is 0.779. The van der Waals surface area contributed by atoms with Gasteiger partial charge in [0, 0.05) is 7.05 Å². The molecule has 0 spiro atoms. The number of nitrogens with zero attached hydrogens (tertiary/aromatic N) is 2. The third-order valence-electron chi connectivity index (χ3n) is 2.97. The van der Waals surface area contributed by atoms with Crippen molar-refractivity contribution in [1.82, 2.24) is 14.5 Å². The van der Waals surface area contributed by atoms with Crippen molar-refractivity contribution in [1.29, 1.82) is 0 Å². The number of thiocarbonyl (C=S) groups is 1. The van der Waals surface area contributed by atoms with Gasteiger partial charge in [0.05, 0.1) is 22.4 Å². The van der Waals surface area contributed by atoms with Gasteiger partial charge in [-0.1, -0.05) is 26.1 Å². The van der Waals surface area contributed by atoms with Crippen LogP contribution in [0.15, 0.2) is 4.90 Å². The Morgan fingerprint density at radius 3 is 2.26 bits per heavy atom. The summed E-state index contributed by atoms with van der Waals surface area (Å²) in [7, 11) is -1.99. The molecule has 0 radical (unpaired) electrons. The van der Waals surface area contributed by atoms with E-state index >= 15 is 0 Å². The first kappa shape index (κ1) is 16.1. The van der Waals surface area contributed by atoms with Crippen molar-refractivity contribution >= 4 is 27.2 Å². The van der Waals surface area contributed by atoms with Crippen LogP contribution in [0.5, 0.6) is 0 Å². The monoisotopic (exact) mass is 304 g/mol. The third-order valence-corrected chi connectivity index (χ3v) is 4.91. The van der Waals surface area contributed by atoms with Gasteiger partial charge in [-0.05, 0) is 19.8 Å². The van der Waals surface area contributed by atoms with E-state index in [1.807, 2.05) is 13.8 Å². The van der Waals surface area contributed by atoms with Crippen LogP contribution in [-0.4, -0.2) is 29.2 Å². The third kappa shape index (κ3) is 3.31. The van der Waals surface area contributed by atoms with Gasteiger partial charge in [-0.3, -0.25) is 4.68 Å². The van der Waals surface area contributed by atoms with Crippen LogP contribution in [0.3, 0.4) is 0 Å². The van der Waals surface area contributed by atoms with Crippen LogP contribution in [-0.2, 0) is 17.1 Å². The van der Waals surface area contributed by atoms with Gasteiger partial charge in [0.25, 0.3) is 0 Å². The van der Waals surface area contributed by atoms with Gasteiger partial charge < -0.3 is 5.73 Å². The molecule has 0 aliphatic carbocycles. The van der Waals surface area contributed by atoms with Gasteiger partial charge >= 0.3 is 0 Å². The second-order valence-corrected chi connectivity index (χ2v) is 6.99. The van der Waals surface area contributed by atoms with Gasteiger partial charge in [-0.2, -0.15) is 5.10 Å². The summed E-state index contributed by atoms with van der Waals surface area (Å²) in [4.78, 5) is 0.328.